The van der Waals surface area contributed by atoms with Crippen LogP contribution in [0.2, 0.25) is 0 Å². The Bertz CT molecular complexity index is 271. The molecule has 0 heterocycles. The Balaban J connectivity index is 2.13. The van der Waals surface area contributed by atoms with Crippen LogP contribution in [0, 0.1) is 22.7 Å². The Morgan fingerprint density at radius 1 is 0.923 bits per heavy atom. The Labute approximate surface area is 80.7 Å². The van der Waals surface area contributed by atoms with Crippen molar-refractivity contribution in [1.82, 2.24) is 0 Å². The van der Waals surface area contributed by atoms with E-state index in [1.807, 2.05) is 0 Å². The fourth-order valence-electron chi connectivity index (χ4n) is 3.92. The van der Waals surface area contributed by atoms with Crippen molar-refractivity contribution >= 4 is 0 Å². The highest BCUT2D eigenvalue weighted by molar-refractivity contribution is 5.26. The van der Waals surface area contributed by atoms with Gasteiger partial charge < -0.3 is 0 Å². The second kappa shape index (κ2) is 2.10. The van der Waals surface area contributed by atoms with E-state index in [2.05, 4.69) is 38.2 Å². The van der Waals surface area contributed by atoms with Gasteiger partial charge in [-0.25, -0.2) is 0 Å². The lowest BCUT2D eigenvalue weighted by atomic mass is 9.55. The zero-order valence-electron chi connectivity index (χ0n) is 8.59. The zero-order chi connectivity index (χ0) is 9.10. The summed E-state index contributed by atoms with van der Waals surface area (Å²) in [5.41, 5.74) is 1.14. The summed E-state index contributed by atoms with van der Waals surface area (Å²) in [6, 6.07) is 0. The maximum Gasteiger partial charge on any atom is -0.0165 e. The van der Waals surface area contributed by atoms with Crippen LogP contribution in [0.15, 0.2) is 24.3 Å². The molecule has 0 aromatic heterocycles. The molecule has 0 saturated heterocycles. The summed E-state index contributed by atoms with van der Waals surface area (Å²) in [7, 11) is 0. The van der Waals surface area contributed by atoms with E-state index in [-0.39, 0.29) is 0 Å². The summed E-state index contributed by atoms with van der Waals surface area (Å²) in [5, 5.41) is 0. The largest absolute Gasteiger partial charge is 0.0879 e. The Hall–Kier alpha value is -0.520. The quantitative estimate of drug-likeness (QED) is 0.493. The SMILES string of the molecule is C[C@@]12CC=CC[C@]1(C)[C@@H]1C=C[C@H]2C1. The fourth-order valence-corrected chi connectivity index (χ4v) is 3.92. The summed E-state index contributed by atoms with van der Waals surface area (Å²) in [4.78, 5) is 0. The summed E-state index contributed by atoms with van der Waals surface area (Å²) in [5.74, 6) is 1.74. The first-order chi connectivity index (χ1) is 6.17. The van der Waals surface area contributed by atoms with Crippen LogP contribution in [-0.4, -0.2) is 0 Å². The van der Waals surface area contributed by atoms with Crippen LogP contribution in [0.4, 0.5) is 0 Å². The number of allylic oxidation sites excluding steroid dienone is 4. The maximum atomic E-state index is 2.50. The van der Waals surface area contributed by atoms with Crippen molar-refractivity contribution < 1.29 is 0 Å². The molecule has 0 radical (unpaired) electrons. The molecule has 1 fully saturated rings. The van der Waals surface area contributed by atoms with Crippen molar-refractivity contribution in [2.24, 2.45) is 22.7 Å². The van der Waals surface area contributed by atoms with E-state index >= 15 is 0 Å². The van der Waals surface area contributed by atoms with E-state index in [1.165, 1.54) is 19.3 Å². The lowest BCUT2D eigenvalue weighted by Crippen LogP contribution is -2.41. The average molecular weight is 174 g/mol. The molecular weight excluding hydrogens is 156 g/mol. The molecule has 0 nitrogen and oxygen atoms in total. The van der Waals surface area contributed by atoms with Crippen LogP contribution in [0.3, 0.4) is 0 Å². The lowest BCUT2D eigenvalue weighted by Gasteiger charge is -2.49. The van der Waals surface area contributed by atoms with Crippen molar-refractivity contribution in [1.29, 1.82) is 0 Å². The van der Waals surface area contributed by atoms with Gasteiger partial charge in [-0.1, -0.05) is 38.2 Å². The van der Waals surface area contributed by atoms with Crippen LogP contribution >= 0.6 is 0 Å². The number of hydrogen-bond acceptors (Lipinski definition) is 0. The fraction of sp³-hybridized carbons (Fsp3) is 0.692. The molecule has 13 heavy (non-hydrogen) atoms. The van der Waals surface area contributed by atoms with E-state index in [4.69, 9.17) is 0 Å². The molecule has 0 aromatic carbocycles. The summed E-state index contributed by atoms with van der Waals surface area (Å²) in [6.07, 6.45) is 13.8. The third-order valence-corrected chi connectivity index (χ3v) is 5.28. The van der Waals surface area contributed by atoms with E-state index in [0.29, 0.717) is 10.8 Å². The molecular formula is C13H18. The molecule has 3 aliphatic carbocycles. The Morgan fingerprint density at radius 2 is 1.38 bits per heavy atom. The highest BCUT2D eigenvalue weighted by Crippen LogP contribution is 2.67. The number of fused-ring (bicyclic) bond motifs is 5. The third kappa shape index (κ3) is 0.697. The van der Waals surface area contributed by atoms with Gasteiger partial charge in [0.15, 0.2) is 0 Å². The van der Waals surface area contributed by atoms with Crippen LogP contribution in [-0.2, 0) is 0 Å². The van der Waals surface area contributed by atoms with Gasteiger partial charge in [-0.2, -0.15) is 0 Å². The van der Waals surface area contributed by atoms with E-state index in [0.717, 1.165) is 11.8 Å². The van der Waals surface area contributed by atoms with E-state index in [1.54, 1.807) is 0 Å². The van der Waals surface area contributed by atoms with Crippen molar-refractivity contribution in [2.45, 2.75) is 33.1 Å². The maximum absolute atomic E-state index is 2.50. The predicted octanol–water partition coefficient (Wildman–Crippen LogP) is 3.55. The molecule has 0 spiro atoms. The second-order valence-electron chi connectivity index (χ2n) is 5.55. The van der Waals surface area contributed by atoms with Gasteiger partial charge in [0.1, 0.15) is 0 Å². The van der Waals surface area contributed by atoms with Crippen LogP contribution in [0.5, 0.6) is 0 Å². The minimum atomic E-state index is 0.571. The highest BCUT2D eigenvalue weighted by atomic mass is 14.6. The minimum Gasteiger partial charge on any atom is -0.0879 e. The molecule has 2 bridgehead atoms. The second-order valence-corrected chi connectivity index (χ2v) is 5.55. The van der Waals surface area contributed by atoms with Gasteiger partial charge in [0.25, 0.3) is 0 Å². The summed E-state index contributed by atoms with van der Waals surface area (Å²) < 4.78 is 0. The Morgan fingerprint density at radius 3 is 1.85 bits per heavy atom. The molecule has 3 rings (SSSR count). The molecule has 0 N–H and O–H groups in total. The molecule has 0 amide bonds. The number of hydrogen-bond donors (Lipinski definition) is 0. The molecule has 70 valence electrons. The van der Waals surface area contributed by atoms with Gasteiger partial charge >= 0.3 is 0 Å². The van der Waals surface area contributed by atoms with Crippen molar-refractivity contribution in [3.8, 4) is 0 Å². The van der Waals surface area contributed by atoms with Gasteiger partial charge in [-0.15, -0.1) is 0 Å². The normalized spacial score (nSPS) is 57.1. The molecule has 0 heteroatoms. The van der Waals surface area contributed by atoms with Crippen LogP contribution in [0.1, 0.15) is 33.1 Å². The van der Waals surface area contributed by atoms with Crippen LogP contribution < -0.4 is 0 Å². The van der Waals surface area contributed by atoms with Crippen LogP contribution in [0.25, 0.3) is 0 Å². The molecule has 3 aliphatic rings. The van der Waals surface area contributed by atoms with Crippen molar-refractivity contribution in [3.63, 3.8) is 0 Å². The van der Waals surface area contributed by atoms with Crippen molar-refractivity contribution in [2.75, 3.05) is 0 Å². The highest BCUT2D eigenvalue weighted by Gasteiger charge is 2.59. The van der Waals surface area contributed by atoms with Gasteiger partial charge in [-0.05, 0) is 41.9 Å². The molecule has 0 aliphatic heterocycles. The summed E-state index contributed by atoms with van der Waals surface area (Å²) >= 11 is 0. The number of rotatable bonds is 0. The summed E-state index contributed by atoms with van der Waals surface area (Å²) in [6.45, 7) is 5.01. The smallest absolute Gasteiger partial charge is 0.0165 e. The first-order valence-electron chi connectivity index (χ1n) is 5.50. The topological polar surface area (TPSA) is 0 Å². The molecule has 0 unspecified atom stereocenters. The zero-order valence-corrected chi connectivity index (χ0v) is 8.59. The lowest BCUT2D eigenvalue weighted by molar-refractivity contribution is 0.0526. The molecule has 1 saturated carbocycles. The molecule has 4 atom stereocenters. The Kier molecular flexibility index (Phi) is 1.27. The average Bonchev–Trinajstić information content (AvgIpc) is 2.65. The standard InChI is InChI=1S/C13H18/c1-12-7-3-4-8-13(12,2)11-6-5-10(12)9-11/h3-6,10-11H,7-9H2,1-2H3/t10-,11+,12-,13+. The first kappa shape index (κ1) is 7.84. The minimum absolute atomic E-state index is 0.571. The third-order valence-electron chi connectivity index (χ3n) is 5.28. The van der Waals surface area contributed by atoms with Gasteiger partial charge in [-0.3, -0.25) is 0 Å². The first-order valence-corrected chi connectivity index (χ1v) is 5.50. The van der Waals surface area contributed by atoms with Gasteiger partial charge in [0, 0.05) is 0 Å². The monoisotopic (exact) mass is 174 g/mol. The van der Waals surface area contributed by atoms with Crippen molar-refractivity contribution in [3.05, 3.63) is 24.3 Å². The predicted molar refractivity (Wildman–Crippen MR) is 55.3 cm³/mol. The van der Waals surface area contributed by atoms with E-state index in [9.17, 15) is 0 Å². The van der Waals surface area contributed by atoms with Gasteiger partial charge in [0.2, 0.25) is 0 Å². The van der Waals surface area contributed by atoms with Gasteiger partial charge in [0.05, 0.1) is 0 Å². The van der Waals surface area contributed by atoms with E-state index < -0.39 is 0 Å². The molecule has 0 aromatic rings.